The number of hydrogen-bond acceptors (Lipinski definition) is 5. The molecule has 11 heteroatoms. The van der Waals surface area contributed by atoms with Crippen LogP contribution in [0, 0.1) is 0 Å². The molecule has 0 bridgehead atoms. The molecule has 0 spiro atoms. The first-order chi connectivity index (χ1) is 16.6. The second-order valence-corrected chi connectivity index (χ2v) is 10.2. The molecule has 2 heterocycles. The molecule has 8 nitrogen and oxygen atoms in total. The fourth-order valence-corrected chi connectivity index (χ4v) is 5.36. The quantitative estimate of drug-likeness (QED) is 0.399. The Morgan fingerprint density at radius 2 is 1.71 bits per heavy atom. The lowest BCUT2D eigenvalue weighted by atomic mass is 9.81. The number of halogens is 2. The molecule has 1 fully saturated rings. The van der Waals surface area contributed by atoms with Crippen molar-refractivity contribution < 1.29 is 19.5 Å². The number of aryl methyl sites for hydroxylation is 1. The third-order valence-electron chi connectivity index (χ3n) is 6.28. The van der Waals surface area contributed by atoms with Gasteiger partial charge < -0.3 is 15.0 Å². The Morgan fingerprint density at radius 3 is 2.31 bits per heavy atom. The molecule has 1 aliphatic heterocycles. The minimum atomic E-state index is -1.01. The standard InChI is InChI=1S/C24H24Cl2N4O4S/c1-14(31)28-35-30-11-9-24(10-12-30,16-5-3-15(4-6-16)23(33)34)27-22(32)20-13-17-19(29(20)2)8-7-18(25)21(17)26/h3-8,13H,9-12H2,1-2H3,(H,27,32)(H,28,31)(H,33,34). The molecule has 1 aliphatic rings. The van der Waals surface area contributed by atoms with Gasteiger partial charge in [-0.2, -0.15) is 0 Å². The molecule has 184 valence electrons. The number of nitrogens with zero attached hydrogens (tertiary/aromatic N) is 2. The van der Waals surface area contributed by atoms with Crippen molar-refractivity contribution in [2.45, 2.75) is 25.3 Å². The van der Waals surface area contributed by atoms with Crippen LogP contribution in [0.25, 0.3) is 10.9 Å². The highest BCUT2D eigenvalue weighted by Crippen LogP contribution is 2.36. The van der Waals surface area contributed by atoms with Crippen LogP contribution >= 0.6 is 35.3 Å². The number of aromatic carboxylic acids is 1. The number of carboxylic acid groups (broad SMARTS) is 1. The van der Waals surface area contributed by atoms with Gasteiger partial charge in [0.2, 0.25) is 5.91 Å². The number of rotatable bonds is 6. The third kappa shape index (κ3) is 5.13. The number of carboxylic acids is 1. The lowest BCUT2D eigenvalue weighted by molar-refractivity contribution is -0.117. The summed E-state index contributed by atoms with van der Waals surface area (Å²) in [6.45, 7) is 2.65. The number of nitrogens with one attached hydrogen (secondary N) is 2. The maximum Gasteiger partial charge on any atom is 0.335 e. The van der Waals surface area contributed by atoms with Gasteiger partial charge in [0, 0.05) is 50.1 Å². The van der Waals surface area contributed by atoms with Crippen molar-refractivity contribution in [3.63, 3.8) is 0 Å². The summed E-state index contributed by atoms with van der Waals surface area (Å²) in [5.41, 5.74) is 1.49. The first-order valence-electron chi connectivity index (χ1n) is 10.9. The smallest absolute Gasteiger partial charge is 0.335 e. The molecule has 3 aromatic rings. The van der Waals surface area contributed by atoms with Gasteiger partial charge in [-0.25, -0.2) is 9.10 Å². The molecule has 35 heavy (non-hydrogen) atoms. The van der Waals surface area contributed by atoms with Gasteiger partial charge in [0.15, 0.2) is 0 Å². The number of benzene rings is 2. The van der Waals surface area contributed by atoms with E-state index in [-0.39, 0.29) is 17.4 Å². The van der Waals surface area contributed by atoms with Crippen molar-refractivity contribution in [1.82, 2.24) is 18.9 Å². The predicted molar refractivity (Wildman–Crippen MR) is 138 cm³/mol. The number of carbonyl (C=O) groups is 3. The van der Waals surface area contributed by atoms with Gasteiger partial charge in [0.1, 0.15) is 5.69 Å². The first-order valence-corrected chi connectivity index (χ1v) is 12.4. The highest BCUT2D eigenvalue weighted by molar-refractivity contribution is 7.95. The van der Waals surface area contributed by atoms with Crippen molar-refractivity contribution in [3.8, 4) is 0 Å². The maximum atomic E-state index is 13.6. The molecule has 0 unspecified atom stereocenters. The summed E-state index contributed by atoms with van der Waals surface area (Å²) >= 11 is 13.8. The van der Waals surface area contributed by atoms with Gasteiger partial charge in [-0.15, -0.1) is 0 Å². The molecule has 0 aliphatic carbocycles. The molecule has 1 saturated heterocycles. The first kappa shape index (κ1) is 25.4. The van der Waals surface area contributed by atoms with E-state index in [1.54, 1.807) is 48.0 Å². The van der Waals surface area contributed by atoms with Crippen molar-refractivity contribution in [1.29, 1.82) is 0 Å². The van der Waals surface area contributed by atoms with Gasteiger partial charge in [-0.05, 0) is 48.7 Å². The third-order valence-corrected chi connectivity index (χ3v) is 8.10. The molecule has 0 radical (unpaired) electrons. The summed E-state index contributed by atoms with van der Waals surface area (Å²) < 4.78 is 6.52. The molecule has 0 atom stereocenters. The molecule has 1 aromatic heterocycles. The van der Waals surface area contributed by atoms with E-state index in [1.807, 2.05) is 10.4 Å². The fourth-order valence-electron chi connectivity index (χ4n) is 4.35. The van der Waals surface area contributed by atoms with Crippen LogP contribution in [0.4, 0.5) is 0 Å². The number of aromatic nitrogens is 1. The lowest BCUT2D eigenvalue weighted by Gasteiger charge is -2.42. The van der Waals surface area contributed by atoms with E-state index in [4.69, 9.17) is 23.2 Å². The SMILES string of the molecule is CC(=O)NSN1CCC(NC(=O)c2cc3c(Cl)c(Cl)ccc3n2C)(c2ccc(C(=O)O)cc2)CC1. The Hall–Kier alpha value is -2.72. The second-order valence-electron chi connectivity index (χ2n) is 8.48. The molecule has 2 amide bonds. The van der Waals surface area contributed by atoms with E-state index in [0.29, 0.717) is 47.1 Å². The number of fused-ring (bicyclic) bond motifs is 1. The van der Waals surface area contributed by atoms with Crippen LogP contribution in [0.3, 0.4) is 0 Å². The number of amides is 2. The van der Waals surface area contributed by atoms with E-state index in [9.17, 15) is 19.5 Å². The largest absolute Gasteiger partial charge is 0.478 e. The topological polar surface area (TPSA) is 104 Å². The summed E-state index contributed by atoms with van der Waals surface area (Å²) in [7, 11) is 1.79. The van der Waals surface area contributed by atoms with E-state index in [2.05, 4.69) is 10.0 Å². The Morgan fingerprint density at radius 1 is 1.06 bits per heavy atom. The molecule has 4 rings (SSSR count). The summed E-state index contributed by atoms with van der Waals surface area (Å²) in [5.74, 6) is -1.43. The molecular formula is C24H24Cl2N4O4S. The van der Waals surface area contributed by atoms with E-state index in [0.717, 1.165) is 11.1 Å². The minimum Gasteiger partial charge on any atom is -0.478 e. The zero-order valence-corrected chi connectivity index (χ0v) is 21.4. The molecular weight excluding hydrogens is 511 g/mol. The van der Waals surface area contributed by atoms with Crippen molar-refractivity contribution in [2.24, 2.45) is 7.05 Å². The normalized spacial score (nSPS) is 15.7. The van der Waals surface area contributed by atoms with E-state index >= 15 is 0 Å². The summed E-state index contributed by atoms with van der Waals surface area (Å²) in [6.07, 6.45) is 1.13. The zero-order chi connectivity index (χ0) is 25.3. The predicted octanol–water partition coefficient (Wildman–Crippen LogP) is 4.60. The van der Waals surface area contributed by atoms with E-state index < -0.39 is 11.5 Å². The maximum absolute atomic E-state index is 13.6. The molecule has 2 aromatic carbocycles. The second kappa shape index (κ2) is 10.1. The van der Waals surface area contributed by atoms with Gasteiger partial charge in [0.05, 0.1) is 21.1 Å². The zero-order valence-electron chi connectivity index (χ0n) is 19.1. The van der Waals surface area contributed by atoms with Crippen LogP contribution in [0.2, 0.25) is 10.0 Å². The van der Waals surface area contributed by atoms with Crippen molar-refractivity contribution in [3.05, 3.63) is 69.3 Å². The van der Waals surface area contributed by atoms with Gasteiger partial charge in [-0.1, -0.05) is 35.3 Å². The van der Waals surface area contributed by atoms with Crippen LogP contribution in [-0.4, -0.2) is 44.9 Å². The number of piperidine rings is 1. The Balaban J connectivity index is 1.65. The van der Waals surface area contributed by atoms with Crippen molar-refractivity contribution >= 4 is 64.0 Å². The summed E-state index contributed by atoms with van der Waals surface area (Å²) in [6, 6.07) is 11.8. The highest BCUT2D eigenvalue weighted by atomic mass is 35.5. The van der Waals surface area contributed by atoms with Crippen LogP contribution < -0.4 is 10.0 Å². The van der Waals surface area contributed by atoms with E-state index in [1.165, 1.54) is 19.1 Å². The van der Waals surface area contributed by atoms with Gasteiger partial charge in [-0.3, -0.25) is 14.3 Å². The van der Waals surface area contributed by atoms with Crippen LogP contribution in [-0.2, 0) is 17.4 Å². The van der Waals surface area contributed by atoms with Crippen LogP contribution in [0.15, 0.2) is 42.5 Å². The lowest BCUT2D eigenvalue weighted by Crippen LogP contribution is -2.52. The van der Waals surface area contributed by atoms with Gasteiger partial charge >= 0.3 is 5.97 Å². The van der Waals surface area contributed by atoms with Crippen molar-refractivity contribution in [2.75, 3.05) is 13.1 Å². The highest BCUT2D eigenvalue weighted by Gasteiger charge is 2.39. The minimum absolute atomic E-state index is 0.140. The van der Waals surface area contributed by atoms with Crippen LogP contribution in [0.1, 0.15) is 46.2 Å². The fraction of sp³-hybridized carbons (Fsp3) is 0.292. The Bertz CT molecular complexity index is 1300. The van der Waals surface area contributed by atoms with Gasteiger partial charge in [0.25, 0.3) is 5.91 Å². The number of hydrogen-bond donors (Lipinski definition) is 3. The average molecular weight is 535 g/mol. The Kier molecular flexibility index (Phi) is 7.32. The monoisotopic (exact) mass is 534 g/mol. The summed E-state index contributed by atoms with van der Waals surface area (Å²) in [4.78, 5) is 36.2. The molecule has 3 N–H and O–H groups in total. The van der Waals surface area contributed by atoms with Crippen LogP contribution in [0.5, 0.6) is 0 Å². The summed E-state index contributed by atoms with van der Waals surface area (Å²) in [5, 5.41) is 14.0. The number of carbonyl (C=O) groups excluding carboxylic acids is 2. The average Bonchev–Trinajstić information content (AvgIpc) is 3.18. The Labute approximate surface area is 216 Å². The molecule has 0 saturated carbocycles.